The number of carbonyl (C=O) groups excluding carboxylic acids is 1. The summed E-state index contributed by atoms with van der Waals surface area (Å²) in [5.41, 5.74) is 2.33. The maximum absolute atomic E-state index is 12.8. The highest BCUT2D eigenvalue weighted by Crippen LogP contribution is 2.29. The van der Waals surface area contributed by atoms with Crippen LogP contribution in [-0.4, -0.2) is 48.6 Å². The first-order chi connectivity index (χ1) is 10.7. The van der Waals surface area contributed by atoms with Crippen molar-refractivity contribution in [3.63, 3.8) is 0 Å². The van der Waals surface area contributed by atoms with E-state index in [9.17, 15) is 13.2 Å². The lowest BCUT2D eigenvalue weighted by molar-refractivity contribution is -0.131. The van der Waals surface area contributed by atoms with E-state index >= 15 is 0 Å². The van der Waals surface area contributed by atoms with Gasteiger partial charge in [0.05, 0.1) is 16.8 Å². The molecule has 0 saturated carbocycles. The lowest BCUT2D eigenvalue weighted by Gasteiger charge is -2.29. The normalized spacial score (nSPS) is 21.1. The van der Waals surface area contributed by atoms with Crippen molar-refractivity contribution >= 4 is 27.5 Å². The van der Waals surface area contributed by atoms with Crippen LogP contribution >= 0.6 is 11.8 Å². The highest BCUT2D eigenvalue weighted by atomic mass is 32.2. The maximum atomic E-state index is 12.8. The van der Waals surface area contributed by atoms with Crippen LogP contribution in [0, 0.1) is 13.8 Å². The van der Waals surface area contributed by atoms with Gasteiger partial charge in [-0.1, -0.05) is 17.7 Å². The molecule has 23 heavy (non-hydrogen) atoms. The van der Waals surface area contributed by atoms with Gasteiger partial charge in [0.2, 0.25) is 5.91 Å². The Morgan fingerprint density at radius 2 is 2.09 bits per heavy atom. The first kappa shape index (κ1) is 18.3. The van der Waals surface area contributed by atoms with Crippen LogP contribution in [0.4, 0.5) is 0 Å². The molecule has 1 heterocycles. The molecule has 1 aromatic rings. The van der Waals surface area contributed by atoms with E-state index in [2.05, 4.69) is 18.2 Å². The molecule has 0 N–H and O–H groups in total. The van der Waals surface area contributed by atoms with Gasteiger partial charge in [0.1, 0.15) is 0 Å². The van der Waals surface area contributed by atoms with E-state index in [-0.39, 0.29) is 28.7 Å². The molecule has 4 nitrogen and oxygen atoms in total. The fourth-order valence-corrected chi connectivity index (χ4v) is 5.78. The van der Waals surface area contributed by atoms with Crippen LogP contribution in [0.2, 0.25) is 0 Å². The van der Waals surface area contributed by atoms with E-state index < -0.39 is 9.84 Å². The molecule has 0 aliphatic carbocycles. The van der Waals surface area contributed by atoms with Crippen LogP contribution in [0.3, 0.4) is 0 Å². The van der Waals surface area contributed by atoms with Gasteiger partial charge in [0.25, 0.3) is 0 Å². The van der Waals surface area contributed by atoms with E-state index in [0.717, 1.165) is 10.5 Å². The number of amides is 1. The molecular weight excluding hydrogens is 330 g/mol. The van der Waals surface area contributed by atoms with Gasteiger partial charge in [-0.05, 0) is 45.7 Å². The molecule has 1 aliphatic heterocycles. The SMILES string of the molecule is CCN(C(=O)[C@@H](C)Sc1cc(C)ccc1C)[C@@H]1CCS(=O)(=O)C1. The second-order valence-corrected chi connectivity index (χ2v) is 9.82. The molecule has 1 fully saturated rings. The highest BCUT2D eigenvalue weighted by Gasteiger charge is 2.35. The second-order valence-electron chi connectivity index (χ2n) is 6.21. The van der Waals surface area contributed by atoms with E-state index in [1.165, 1.54) is 5.56 Å². The van der Waals surface area contributed by atoms with E-state index in [4.69, 9.17) is 0 Å². The summed E-state index contributed by atoms with van der Waals surface area (Å²) in [7, 11) is -2.98. The summed E-state index contributed by atoms with van der Waals surface area (Å²) in [5.74, 6) is 0.327. The Balaban J connectivity index is 2.10. The molecule has 1 aliphatic rings. The first-order valence-electron chi connectivity index (χ1n) is 7.98. The van der Waals surface area contributed by atoms with Crippen molar-refractivity contribution in [2.45, 2.75) is 50.3 Å². The third kappa shape index (κ3) is 4.51. The fraction of sp³-hybridized carbons (Fsp3) is 0.588. The van der Waals surface area contributed by atoms with Crippen LogP contribution in [0.5, 0.6) is 0 Å². The zero-order chi connectivity index (χ0) is 17.2. The van der Waals surface area contributed by atoms with Crippen molar-refractivity contribution in [2.24, 2.45) is 0 Å². The Labute approximate surface area is 143 Å². The van der Waals surface area contributed by atoms with Crippen LogP contribution in [0.15, 0.2) is 23.1 Å². The lowest BCUT2D eigenvalue weighted by Crippen LogP contribution is -2.44. The average Bonchev–Trinajstić information content (AvgIpc) is 2.83. The van der Waals surface area contributed by atoms with E-state index in [1.54, 1.807) is 16.7 Å². The smallest absolute Gasteiger partial charge is 0.236 e. The second kappa shape index (κ2) is 7.26. The average molecular weight is 356 g/mol. The number of carbonyl (C=O) groups is 1. The van der Waals surface area contributed by atoms with Crippen LogP contribution in [-0.2, 0) is 14.6 Å². The molecule has 0 aromatic heterocycles. The monoisotopic (exact) mass is 355 g/mol. The lowest BCUT2D eigenvalue weighted by atomic mass is 10.2. The van der Waals surface area contributed by atoms with Crippen molar-refractivity contribution in [3.05, 3.63) is 29.3 Å². The topological polar surface area (TPSA) is 54.5 Å². The van der Waals surface area contributed by atoms with Gasteiger partial charge in [0.15, 0.2) is 9.84 Å². The zero-order valence-electron chi connectivity index (χ0n) is 14.2. The molecule has 0 radical (unpaired) electrons. The Bertz CT molecular complexity index is 685. The van der Waals surface area contributed by atoms with Crippen molar-refractivity contribution in [2.75, 3.05) is 18.1 Å². The number of aryl methyl sites for hydroxylation is 2. The summed E-state index contributed by atoms with van der Waals surface area (Å²) in [5, 5.41) is -0.223. The maximum Gasteiger partial charge on any atom is 0.236 e. The quantitative estimate of drug-likeness (QED) is 0.762. The fourth-order valence-electron chi connectivity index (χ4n) is 2.92. The predicted octanol–water partition coefficient (Wildman–Crippen LogP) is 2.82. The van der Waals surface area contributed by atoms with Crippen LogP contribution < -0.4 is 0 Å². The van der Waals surface area contributed by atoms with Gasteiger partial charge in [-0.2, -0.15) is 0 Å². The van der Waals surface area contributed by atoms with Gasteiger partial charge in [-0.25, -0.2) is 8.42 Å². The summed E-state index contributed by atoms with van der Waals surface area (Å²) < 4.78 is 23.4. The Hall–Kier alpha value is -1.01. The number of thioether (sulfide) groups is 1. The number of benzene rings is 1. The summed E-state index contributed by atoms with van der Waals surface area (Å²) in [6.07, 6.45) is 0.558. The number of nitrogens with zero attached hydrogens (tertiary/aromatic N) is 1. The molecule has 1 aromatic carbocycles. The molecule has 1 saturated heterocycles. The Morgan fingerprint density at radius 3 is 2.65 bits per heavy atom. The molecule has 2 rings (SSSR count). The van der Waals surface area contributed by atoms with Gasteiger partial charge >= 0.3 is 0 Å². The van der Waals surface area contributed by atoms with E-state index in [0.29, 0.717) is 13.0 Å². The molecule has 2 atom stereocenters. The highest BCUT2D eigenvalue weighted by molar-refractivity contribution is 8.00. The largest absolute Gasteiger partial charge is 0.338 e. The predicted molar refractivity (Wildman–Crippen MR) is 95.7 cm³/mol. The number of sulfone groups is 1. The van der Waals surface area contributed by atoms with Crippen molar-refractivity contribution in [3.8, 4) is 0 Å². The minimum absolute atomic E-state index is 0.0282. The first-order valence-corrected chi connectivity index (χ1v) is 10.7. The molecule has 0 spiro atoms. The standard InChI is InChI=1S/C17H25NO3S2/c1-5-18(15-8-9-23(20,21)11-15)17(19)14(4)22-16-10-12(2)6-7-13(16)3/h6-7,10,14-15H,5,8-9,11H2,1-4H3/t14-,15-/m1/s1. The minimum Gasteiger partial charge on any atom is -0.338 e. The minimum atomic E-state index is -2.98. The summed E-state index contributed by atoms with van der Waals surface area (Å²) in [6, 6.07) is 6.06. The zero-order valence-corrected chi connectivity index (χ0v) is 15.8. The van der Waals surface area contributed by atoms with Crippen molar-refractivity contribution in [1.29, 1.82) is 0 Å². The Kier molecular flexibility index (Phi) is 5.79. The van der Waals surface area contributed by atoms with Crippen LogP contribution in [0.1, 0.15) is 31.4 Å². The summed E-state index contributed by atoms with van der Waals surface area (Å²) in [6.45, 7) is 8.45. The summed E-state index contributed by atoms with van der Waals surface area (Å²) in [4.78, 5) is 15.6. The molecule has 1 amide bonds. The third-order valence-corrected chi connectivity index (χ3v) is 7.27. The Morgan fingerprint density at radius 1 is 1.39 bits per heavy atom. The number of rotatable bonds is 5. The van der Waals surface area contributed by atoms with Crippen molar-refractivity contribution in [1.82, 2.24) is 4.90 Å². The number of hydrogen-bond acceptors (Lipinski definition) is 4. The van der Waals surface area contributed by atoms with Gasteiger partial charge in [0, 0.05) is 17.5 Å². The van der Waals surface area contributed by atoms with Crippen LogP contribution in [0.25, 0.3) is 0 Å². The van der Waals surface area contributed by atoms with Gasteiger partial charge in [-0.15, -0.1) is 11.8 Å². The van der Waals surface area contributed by atoms with E-state index in [1.807, 2.05) is 27.7 Å². The number of hydrogen-bond donors (Lipinski definition) is 0. The molecule has 128 valence electrons. The third-order valence-electron chi connectivity index (χ3n) is 4.27. The molecule has 6 heteroatoms. The molecule has 0 unspecified atom stereocenters. The van der Waals surface area contributed by atoms with Crippen molar-refractivity contribution < 1.29 is 13.2 Å². The van der Waals surface area contributed by atoms with Gasteiger partial charge in [-0.3, -0.25) is 4.79 Å². The molecular formula is C17H25NO3S2. The summed E-state index contributed by atoms with van der Waals surface area (Å²) >= 11 is 1.55. The molecule has 0 bridgehead atoms. The van der Waals surface area contributed by atoms with Gasteiger partial charge < -0.3 is 4.90 Å².